The Labute approximate surface area is 126 Å². The highest BCUT2D eigenvalue weighted by Gasteiger charge is 2.40. The number of amides is 1. The largest absolute Gasteiger partial charge is 0.445 e. The molecule has 1 N–H and O–H groups in total. The normalized spacial score (nSPS) is 25.8. The molecule has 4 heteroatoms. The summed E-state index contributed by atoms with van der Waals surface area (Å²) in [5.41, 5.74) is 1.37. The Kier molecular flexibility index (Phi) is 4.44. The van der Waals surface area contributed by atoms with E-state index in [-0.39, 0.29) is 6.09 Å². The molecule has 0 saturated carbocycles. The number of nitrogens with one attached hydrogen (secondary N) is 1. The second kappa shape index (κ2) is 6.48. The van der Waals surface area contributed by atoms with Crippen molar-refractivity contribution in [3.63, 3.8) is 0 Å². The van der Waals surface area contributed by atoms with Gasteiger partial charge in [0.2, 0.25) is 0 Å². The molecular weight excluding hydrogens is 264 g/mol. The van der Waals surface area contributed by atoms with Crippen LogP contribution in [0.4, 0.5) is 4.79 Å². The summed E-state index contributed by atoms with van der Waals surface area (Å²) in [6.45, 7) is 4.26. The molecule has 0 radical (unpaired) electrons. The Balaban J connectivity index is 1.52. The molecule has 0 aromatic heterocycles. The Bertz CT molecular complexity index is 467. The van der Waals surface area contributed by atoms with Gasteiger partial charge in [-0.05, 0) is 49.8 Å². The average Bonchev–Trinajstić information content (AvgIpc) is 2.79. The number of benzene rings is 1. The van der Waals surface area contributed by atoms with E-state index in [2.05, 4.69) is 5.32 Å². The summed E-state index contributed by atoms with van der Waals surface area (Å²) in [5, 5.41) is 3.45. The van der Waals surface area contributed by atoms with Crippen molar-refractivity contribution in [1.29, 1.82) is 0 Å². The maximum absolute atomic E-state index is 12.2. The van der Waals surface area contributed by atoms with Crippen LogP contribution in [0.25, 0.3) is 0 Å². The summed E-state index contributed by atoms with van der Waals surface area (Å²) in [6, 6.07) is 9.86. The van der Waals surface area contributed by atoms with Crippen molar-refractivity contribution in [2.45, 2.75) is 32.3 Å². The van der Waals surface area contributed by atoms with Crippen molar-refractivity contribution >= 4 is 6.09 Å². The van der Waals surface area contributed by atoms with Crippen LogP contribution in [0.2, 0.25) is 0 Å². The van der Waals surface area contributed by atoms with Crippen molar-refractivity contribution in [3.05, 3.63) is 35.9 Å². The first-order valence-electron chi connectivity index (χ1n) is 7.94. The van der Waals surface area contributed by atoms with E-state index in [0.29, 0.717) is 12.0 Å². The van der Waals surface area contributed by atoms with Crippen molar-refractivity contribution < 1.29 is 9.53 Å². The number of rotatable bonds is 2. The standard InChI is InChI=1S/C17H24N2O2/c20-16(21-13-15-5-2-1-3-6-15)19-12-9-17(14-19)7-4-10-18-11-8-17/h1-3,5-6,18H,4,7-14H2. The van der Waals surface area contributed by atoms with Crippen LogP contribution < -0.4 is 5.32 Å². The molecular formula is C17H24N2O2. The van der Waals surface area contributed by atoms with Gasteiger partial charge in [0.15, 0.2) is 0 Å². The molecule has 21 heavy (non-hydrogen) atoms. The fourth-order valence-electron chi connectivity index (χ4n) is 3.50. The molecule has 2 aliphatic rings. The lowest BCUT2D eigenvalue weighted by Crippen LogP contribution is -2.33. The molecule has 1 amide bonds. The lowest BCUT2D eigenvalue weighted by Gasteiger charge is -2.27. The molecule has 2 aliphatic heterocycles. The predicted molar refractivity (Wildman–Crippen MR) is 82.0 cm³/mol. The summed E-state index contributed by atoms with van der Waals surface area (Å²) in [5.74, 6) is 0. The monoisotopic (exact) mass is 288 g/mol. The van der Waals surface area contributed by atoms with Gasteiger partial charge in [0.25, 0.3) is 0 Å². The van der Waals surface area contributed by atoms with Crippen LogP contribution >= 0.6 is 0 Å². The van der Waals surface area contributed by atoms with Crippen molar-refractivity contribution in [1.82, 2.24) is 10.2 Å². The van der Waals surface area contributed by atoms with Crippen LogP contribution in [-0.2, 0) is 11.3 Å². The summed E-state index contributed by atoms with van der Waals surface area (Å²) in [7, 11) is 0. The van der Waals surface area contributed by atoms with Crippen LogP contribution in [0.15, 0.2) is 30.3 Å². The quantitative estimate of drug-likeness (QED) is 0.910. The summed E-state index contributed by atoms with van der Waals surface area (Å²) >= 11 is 0. The van der Waals surface area contributed by atoms with E-state index in [0.717, 1.165) is 38.2 Å². The van der Waals surface area contributed by atoms with Crippen LogP contribution in [0, 0.1) is 5.41 Å². The fraction of sp³-hybridized carbons (Fsp3) is 0.588. The highest BCUT2D eigenvalue weighted by atomic mass is 16.6. The van der Waals surface area contributed by atoms with E-state index >= 15 is 0 Å². The Morgan fingerprint density at radius 3 is 2.90 bits per heavy atom. The third-order valence-electron chi connectivity index (χ3n) is 4.79. The number of likely N-dealkylation sites (tertiary alicyclic amines) is 1. The Morgan fingerprint density at radius 2 is 2.05 bits per heavy atom. The second-order valence-corrected chi connectivity index (χ2v) is 6.32. The molecule has 2 saturated heterocycles. The smallest absolute Gasteiger partial charge is 0.410 e. The number of carbonyl (C=O) groups is 1. The van der Waals surface area contributed by atoms with E-state index in [1.165, 1.54) is 19.3 Å². The van der Waals surface area contributed by atoms with E-state index in [9.17, 15) is 4.79 Å². The highest BCUT2D eigenvalue weighted by Crippen LogP contribution is 2.39. The van der Waals surface area contributed by atoms with Gasteiger partial charge in [-0.3, -0.25) is 0 Å². The number of nitrogens with zero attached hydrogens (tertiary/aromatic N) is 1. The van der Waals surface area contributed by atoms with Gasteiger partial charge in [-0.2, -0.15) is 0 Å². The van der Waals surface area contributed by atoms with E-state index in [1.807, 2.05) is 35.2 Å². The zero-order valence-electron chi connectivity index (χ0n) is 12.5. The van der Waals surface area contributed by atoms with Crippen LogP contribution in [0.3, 0.4) is 0 Å². The van der Waals surface area contributed by atoms with Crippen molar-refractivity contribution in [2.75, 3.05) is 26.2 Å². The average molecular weight is 288 g/mol. The van der Waals surface area contributed by atoms with Gasteiger partial charge in [0.05, 0.1) is 0 Å². The predicted octanol–water partition coefficient (Wildman–Crippen LogP) is 2.79. The first kappa shape index (κ1) is 14.4. The van der Waals surface area contributed by atoms with Crippen LogP contribution in [0.5, 0.6) is 0 Å². The highest BCUT2D eigenvalue weighted by molar-refractivity contribution is 5.68. The lowest BCUT2D eigenvalue weighted by atomic mass is 9.80. The number of ether oxygens (including phenoxy) is 1. The van der Waals surface area contributed by atoms with Gasteiger partial charge >= 0.3 is 6.09 Å². The SMILES string of the molecule is O=C(OCc1ccccc1)N1CCC2(CCCNCC2)C1. The van der Waals surface area contributed by atoms with Gasteiger partial charge in [-0.1, -0.05) is 30.3 Å². The topological polar surface area (TPSA) is 41.6 Å². The maximum Gasteiger partial charge on any atom is 0.410 e. The van der Waals surface area contributed by atoms with E-state index in [4.69, 9.17) is 4.74 Å². The molecule has 1 aromatic carbocycles. The molecule has 2 heterocycles. The first-order chi connectivity index (χ1) is 10.3. The summed E-state index contributed by atoms with van der Waals surface area (Å²) < 4.78 is 5.45. The zero-order chi connectivity index (χ0) is 14.5. The summed E-state index contributed by atoms with van der Waals surface area (Å²) in [6.07, 6.45) is 4.58. The molecule has 1 spiro atoms. The lowest BCUT2D eigenvalue weighted by molar-refractivity contribution is 0.0985. The number of hydrogen-bond acceptors (Lipinski definition) is 3. The third kappa shape index (κ3) is 3.56. The zero-order valence-corrected chi connectivity index (χ0v) is 12.5. The Morgan fingerprint density at radius 1 is 1.19 bits per heavy atom. The second-order valence-electron chi connectivity index (χ2n) is 6.32. The molecule has 1 aromatic rings. The van der Waals surface area contributed by atoms with Gasteiger partial charge in [0, 0.05) is 13.1 Å². The first-order valence-corrected chi connectivity index (χ1v) is 7.94. The molecule has 1 atom stereocenters. The molecule has 114 valence electrons. The van der Waals surface area contributed by atoms with Gasteiger partial charge in [-0.25, -0.2) is 4.79 Å². The van der Waals surface area contributed by atoms with Gasteiger partial charge < -0.3 is 15.0 Å². The molecule has 2 fully saturated rings. The molecule has 3 rings (SSSR count). The molecule has 1 unspecified atom stereocenters. The maximum atomic E-state index is 12.2. The van der Waals surface area contributed by atoms with E-state index in [1.54, 1.807) is 0 Å². The van der Waals surface area contributed by atoms with Crippen LogP contribution in [0.1, 0.15) is 31.2 Å². The molecule has 4 nitrogen and oxygen atoms in total. The fourth-order valence-corrected chi connectivity index (χ4v) is 3.50. The minimum Gasteiger partial charge on any atom is -0.445 e. The van der Waals surface area contributed by atoms with Crippen molar-refractivity contribution in [2.24, 2.45) is 5.41 Å². The molecule has 0 aliphatic carbocycles. The minimum absolute atomic E-state index is 0.159. The van der Waals surface area contributed by atoms with Gasteiger partial charge in [0.1, 0.15) is 6.61 Å². The number of hydrogen-bond donors (Lipinski definition) is 1. The van der Waals surface area contributed by atoms with E-state index < -0.39 is 0 Å². The van der Waals surface area contributed by atoms with Gasteiger partial charge in [-0.15, -0.1) is 0 Å². The van der Waals surface area contributed by atoms with Crippen molar-refractivity contribution in [3.8, 4) is 0 Å². The Hall–Kier alpha value is -1.55. The number of carbonyl (C=O) groups excluding carboxylic acids is 1. The van der Waals surface area contributed by atoms with Crippen LogP contribution in [-0.4, -0.2) is 37.2 Å². The summed E-state index contributed by atoms with van der Waals surface area (Å²) in [4.78, 5) is 14.1. The molecule has 0 bridgehead atoms. The minimum atomic E-state index is -0.159. The third-order valence-corrected chi connectivity index (χ3v) is 4.79.